The molecule has 4 nitrogen and oxygen atoms in total. The highest BCUT2D eigenvalue weighted by molar-refractivity contribution is 7.92. The van der Waals surface area contributed by atoms with Crippen molar-refractivity contribution in [2.75, 3.05) is 0 Å². The van der Waals surface area contributed by atoms with Crippen LogP contribution >= 0.6 is 0 Å². The molecule has 0 spiro atoms. The van der Waals surface area contributed by atoms with Crippen LogP contribution in [0.5, 0.6) is 0 Å². The van der Waals surface area contributed by atoms with Gasteiger partial charge >= 0.3 is 0 Å². The van der Waals surface area contributed by atoms with Gasteiger partial charge in [0.1, 0.15) is 0 Å². The van der Waals surface area contributed by atoms with Gasteiger partial charge in [-0.15, -0.1) is 0 Å². The molecule has 0 radical (unpaired) electrons. The molecule has 31 heavy (non-hydrogen) atoms. The molecule has 0 aromatic heterocycles. The van der Waals surface area contributed by atoms with Crippen molar-refractivity contribution in [3.63, 3.8) is 0 Å². The van der Waals surface area contributed by atoms with Crippen molar-refractivity contribution >= 4 is 19.7 Å². The van der Waals surface area contributed by atoms with Gasteiger partial charge in [0.15, 0.2) is 0 Å². The quantitative estimate of drug-likeness (QED) is 0.414. The van der Waals surface area contributed by atoms with E-state index in [-0.39, 0.29) is 19.6 Å². The molecular formula is C25H20O4S2. The molecule has 0 saturated heterocycles. The molecule has 156 valence electrons. The van der Waals surface area contributed by atoms with Crippen LogP contribution in [-0.4, -0.2) is 16.8 Å². The third-order valence-electron chi connectivity index (χ3n) is 5.00. The van der Waals surface area contributed by atoms with Crippen LogP contribution in [0, 0.1) is 6.92 Å². The predicted molar refractivity (Wildman–Crippen MR) is 120 cm³/mol. The number of hydrogen-bond acceptors (Lipinski definition) is 4. The third-order valence-corrected chi connectivity index (χ3v) is 8.64. The fourth-order valence-electron chi connectivity index (χ4n) is 3.45. The van der Waals surface area contributed by atoms with Crippen molar-refractivity contribution in [2.45, 2.75) is 26.5 Å². The molecule has 4 aromatic carbocycles. The van der Waals surface area contributed by atoms with Crippen LogP contribution in [0.2, 0.25) is 0 Å². The summed E-state index contributed by atoms with van der Waals surface area (Å²) in [6, 6.07) is 27.8. The lowest BCUT2D eigenvalue weighted by Crippen LogP contribution is -2.07. The Hall–Kier alpha value is -3.22. The van der Waals surface area contributed by atoms with Gasteiger partial charge in [-0.2, -0.15) is 0 Å². The summed E-state index contributed by atoms with van der Waals surface area (Å²) in [5, 5.41) is 0. The van der Waals surface area contributed by atoms with Crippen LogP contribution in [-0.2, 0) is 19.7 Å². The lowest BCUT2D eigenvalue weighted by atomic mass is 10.0. The van der Waals surface area contributed by atoms with Gasteiger partial charge in [0.2, 0.25) is 19.7 Å². The molecule has 0 unspecified atom stereocenters. The van der Waals surface area contributed by atoms with Crippen LogP contribution in [0.15, 0.2) is 123 Å². The van der Waals surface area contributed by atoms with Crippen molar-refractivity contribution < 1.29 is 16.8 Å². The van der Waals surface area contributed by atoms with Crippen LogP contribution < -0.4 is 0 Å². The van der Waals surface area contributed by atoms with E-state index in [2.05, 4.69) is 0 Å². The molecule has 6 heteroatoms. The molecule has 0 saturated carbocycles. The summed E-state index contributed by atoms with van der Waals surface area (Å²) >= 11 is 0. The SMILES string of the molecule is Cc1ccc(-c2ccccc2S(=O)(=O)c2ccccc2)c(S(=O)(=O)c2ccccc2)c1. The second-order valence-corrected chi connectivity index (χ2v) is 11.0. The van der Waals surface area contributed by atoms with Crippen molar-refractivity contribution in [2.24, 2.45) is 0 Å². The van der Waals surface area contributed by atoms with Crippen molar-refractivity contribution in [1.82, 2.24) is 0 Å². The minimum absolute atomic E-state index is 0.0644. The highest BCUT2D eigenvalue weighted by atomic mass is 32.2. The Labute approximate surface area is 182 Å². The fraction of sp³-hybridized carbons (Fsp3) is 0.0400. The Morgan fingerprint density at radius 1 is 0.484 bits per heavy atom. The first-order valence-electron chi connectivity index (χ1n) is 9.62. The zero-order valence-corrected chi connectivity index (χ0v) is 18.4. The van der Waals surface area contributed by atoms with Crippen molar-refractivity contribution in [3.05, 3.63) is 109 Å². The van der Waals surface area contributed by atoms with Gasteiger partial charge in [-0.1, -0.05) is 66.7 Å². The van der Waals surface area contributed by atoms with Crippen molar-refractivity contribution in [1.29, 1.82) is 0 Å². The molecule has 0 aliphatic heterocycles. The average Bonchev–Trinajstić information content (AvgIpc) is 2.80. The maximum atomic E-state index is 13.5. The second-order valence-electron chi connectivity index (χ2n) is 7.13. The molecule has 0 atom stereocenters. The largest absolute Gasteiger partial charge is 0.218 e. The van der Waals surface area contributed by atoms with Crippen molar-refractivity contribution in [3.8, 4) is 11.1 Å². The molecule has 0 aliphatic rings. The fourth-order valence-corrected chi connectivity index (χ4v) is 6.52. The van der Waals surface area contributed by atoms with Gasteiger partial charge in [0, 0.05) is 11.1 Å². The Bertz CT molecular complexity index is 1440. The number of rotatable bonds is 5. The highest BCUT2D eigenvalue weighted by Gasteiger charge is 2.27. The average molecular weight is 449 g/mol. The molecule has 0 N–H and O–H groups in total. The minimum atomic E-state index is -3.86. The first-order valence-corrected chi connectivity index (χ1v) is 12.6. The summed E-state index contributed by atoms with van der Waals surface area (Å²) in [6.07, 6.45) is 0. The lowest BCUT2D eigenvalue weighted by Gasteiger charge is -2.16. The Kier molecular flexibility index (Phi) is 5.52. The summed E-state index contributed by atoms with van der Waals surface area (Å²) < 4.78 is 53.7. The Balaban J connectivity index is 1.99. The summed E-state index contributed by atoms with van der Waals surface area (Å²) in [7, 11) is -7.71. The van der Waals surface area contributed by atoms with E-state index in [4.69, 9.17) is 0 Å². The molecule has 0 fully saturated rings. The predicted octanol–water partition coefficient (Wildman–Crippen LogP) is 5.33. The number of hydrogen-bond donors (Lipinski definition) is 0. The van der Waals surface area contributed by atoms with E-state index < -0.39 is 19.7 Å². The normalized spacial score (nSPS) is 11.9. The van der Waals surface area contributed by atoms with Crippen LogP contribution in [0.4, 0.5) is 0 Å². The molecule has 0 aliphatic carbocycles. The topological polar surface area (TPSA) is 68.3 Å². The van der Waals surface area contributed by atoms with Crippen LogP contribution in [0.1, 0.15) is 5.56 Å². The van der Waals surface area contributed by atoms with E-state index >= 15 is 0 Å². The van der Waals surface area contributed by atoms with Gasteiger partial charge < -0.3 is 0 Å². The van der Waals surface area contributed by atoms with Gasteiger partial charge in [-0.25, -0.2) is 16.8 Å². The maximum absolute atomic E-state index is 13.5. The smallest absolute Gasteiger partial charge is 0.207 e. The summed E-state index contributed by atoms with van der Waals surface area (Å²) in [5.74, 6) is 0. The highest BCUT2D eigenvalue weighted by Crippen LogP contribution is 2.37. The van der Waals surface area contributed by atoms with E-state index in [0.29, 0.717) is 11.1 Å². The van der Waals surface area contributed by atoms with Crippen LogP contribution in [0.25, 0.3) is 11.1 Å². The number of benzene rings is 4. The molecule has 0 heterocycles. The number of aryl methyl sites for hydroxylation is 1. The van der Waals surface area contributed by atoms with Gasteiger partial charge in [-0.05, 0) is 48.9 Å². The molecular weight excluding hydrogens is 428 g/mol. The summed E-state index contributed by atoms with van der Waals surface area (Å²) in [6.45, 7) is 1.81. The van der Waals surface area contributed by atoms with E-state index in [1.807, 2.05) is 0 Å². The van der Waals surface area contributed by atoms with Gasteiger partial charge in [-0.3, -0.25) is 0 Å². The van der Waals surface area contributed by atoms with E-state index in [1.54, 1.807) is 79.7 Å². The summed E-state index contributed by atoms with van der Waals surface area (Å²) in [4.78, 5) is 0.455. The number of sulfone groups is 2. The second kappa shape index (κ2) is 8.13. The maximum Gasteiger partial charge on any atom is 0.207 e. The third kappa shape index (κ3) is 3.92. The first-order chi connectivity index (χ1) is 14.8. The summed E-state index contributed by atoms with van der Waals surface area (Å²) in [5.41, 5.74) is 1.46. The first kappa shape index (κ1) is 21.0. The van der Waals surface area contributed by atoms with Gasteiger partial charge in [0.05, 0.1) is 19.6 Å². The lowest BCUT2D eigenvalue weighted by molar-refractivity contribution is 0.593. The van der Waals surface area contributed by atoms with E-state index in [9.17, 15) is 16.8 Å². The molecule has 4 rings (SSSR count). The van der Waals surface area contributed by atoms with E-state index in [1.165, 1.54) is 30.3 Å². The van der Waals surface area contributed by atoms with Crippen LogP contribution in [0.3, 0.4) is 0 Å². The monoisotopic (exact) mass is 448 g/mol. The molecule has 0 amide bonds. The van der Waals surface area contributed by atoms with E-state index in [0.717, 1.165) is 5.56 Å². The Morgan fingerprint density at radius 3 is 1.52 bits per heavy atom. The molecule has 4 aromatic rings. The standard InChI is InChI=1S/C25H20O4S2/c1-19-16-17-23(25(18-19)31(28,29)21-12-6-3-7-13-21)22-14-8-9-15-24(22)30(26,27)20-10-4-2-5-11-20/h2-18H,1H3. The zero-order valence-electron chi connectivity index (χ0n) is 16.8. The zero-order chi connectivity index (χ0) is 22.1. The minimum Gasteiger partial charge on any atom is -0.218 e. The molecule has 0 bridgehead atoms. The Morgan fingerprint density at radius 2 is 0.935 bits per heavy atom. The van der Waals surface area contributed by atoms with Gasteiger partial charge in [0.25, 0.3) is 0 Å².